The van der Waals surface area contributed by atoms with E-state index in [9.17, 15) is 10.1 Å². The van der Waals surface area contributed by atoms with Crippen LogP contribution in [0, 0.1) is 17.2 Å². The van der Waals surface area contributed by atoms with Gasteiger partial charge in [0, 0.05) is 5.38 Å². The fourth-order valence-corrected chi connectivity index (χ4v) is 4.39. The van der Waals surface area contributed by atoms with E-state index in [1.807, 2.05) is 23.0 Å². The lowest BCUT2D eigenvalue weighted by atomic mass is 9.82. The number of unbranched alkanes of at least 4 members (excludes halogenated alkanes) is 1. The number of nitrogens with one attached hydrogen (secondary N) is 1. The fraction of sp³-hybridized carbons (Fsp3) is 0.600. The van der Waals surface area contributed by atoms with Gasteiger partial charge < -0.3 is 5.32 Å². The molecule has 3 rings (SSSR count). The predicted molar refractivity (Wildman–Crippen MR) is 105 cm³/mol. The number of hydrogen-bond acceptors (Lipinski definition) is 5. The summed E-state index contributed by atoms with van der Waals surface area (Å²) in [5.41, 5.74) is 1.45. The highest BCUT2D eigenvalue weighted by Crippen LogP contribution is 2.34. The van der Waals surface area contributed by atoms with Crippen molar-refractivity contribution >= 4 is 17.2 Å². The lowest BCUT2D eigenvalue weighted by molar-refractivity contribution is 0.0911. The maximum atomic E-state index is 12.7. The Balaban J connectivity index is 1.80. The summed E-state index contributed by atoms with van der Waals surface area (Å²) in [6, 6.07) is 3.71. The number of nitrogens with zero attached hydrogens (tertiary/aromatic N) is 4. The first-order valence-electron chi connectivity index (χ1n) is 9.87. The number of nitriles is 1. The van der Waals surface area contributed by atoms with Gasteiger partial charge in [0.1, 0.15) is 11.7 Å². The maximum Gasteiger partial charge on any atom is 0.252 e. The number of thiophene rings is 1. The van der Waals surface area contributed by atoms with E-state index in [-0.39, 0.29) is 18.0 Å². The first kappa shape index (κ1) is 19.6. The van der Waals surface area contributed by atoms with Crippen LogP contribution in [0.4, 0.5) is 0 Å². The van der Waals surface area contributed by atoms with Crippen molar-refractivity contribution in [2.75, 3.05) is 0 Å². The third-order valence-electron chi connectivity index (χ3n) is 5.34. The van der Waals surface area contributed by atoms with Crippen LogP contribution in [0.25, 0.3) is 0 Å². The quantitative estimate of drug-likeness (QED) is 0.717. The minimum absolute atomic E-state index is 0.0656. The zero-order valence-electron chi connectivity index (χ0n) is 15.8. The second-order valence-corrected chi connectivity index (χ2v) is 8.05. The van der Waals surface area contributed by atoms with E-state index in [2.05, 4.69) is 28.6 Å². The van der Waals surface area contributed by atoms with Gasteiger partial charge in [0.15, 0.2) is 0 Å². The lowest BCUT2D eigenvalue weighted by Gasteiger charge is -2.29. The number of rotatable bonds is 8. The van der Waals surface area contributed by atoms with Gasteiger partial charge in [0.2, 0.25) is 0 Å². The Morgan fingerprint density at radius 3 is 2.93 bits per heavy atom. The Hall–Kier alpha value is -2.20. The maximum absolute atomic E-state index is 12.7. The monoisotopic (exact) mass is 385 g/mol. The molecule has 0 aromatic carbocycles. The van der Waals surface area contributed by atoms with Crippen molar-refractivity contribution in [3.63, 3.8) is 0 Å². The normalized spacial score (nSPS) is 17.2. The molecule has 1 saturated carbocycles. The molecule has 2 heterocycles. The van der Waals surface area contributed by atoms with Gasteiger partial charge in [-0.3, -0.25) is 4.79 Å². The third kappa shape index (κ3) is 4.95. The molecule has 6 nitrogen and oxygen atoms in total. The van der Waals surface area contributed by atoms with Gasteiger partial charge in [0.25, 0.3) is 5.91 Å². The molecule has 0 bridgehead atoms. The van der Waals surface area contributed by atoms with E-state index in [0.29, 0.717) is 11.5 Å². The molecule has 27 heavy (non-hydrogen) atoms. The average molecular weight is 386 g/mol. The molecule has 0 spiro atoms. The number of carbonyl (C=O) groups is 1. The second-order valence-electron chi connectivity index (χ2n) is 7.27. The molecule has 0 unspecified atom stereocenters. The number of hydrogen-bond donors (Lipinski definition) is 1. The van der Waals surface area contributed by atoms with Crippen LogP contribution in [0.15, 0.2) is 23.0 Å². The van der Waals surface area contributed by atoms with E-state index < -0.39 is 0 Å². The van der Waals surface area contributed by atoms with E-state index in [1.165, 1.54) is 30.6 Å². The average Bonchev–Trinajstić information content (AvgIpc) is 3.40. The van der Waals surface area contributed by atoms with Crippen LogP contribution in [-0.4, -0.2) is 20.9 Å². The van der Waals surface area contributed by atoms with Gasteiger partial charge >= 0.3 is 0 Å². The number of amides is 1. The van der Waals surface area contributed by atoms with Crippen molar-refractivity contribution in [1.29, 1.82) is 5.26 Å². The molecule has 0 radical (unpaired) electrons. The minimum Gasteiger partial charge on any atom is -0.343 e. The summed E-state index contributed by atoms with van der Waals surface area (Å²) in [7, 11) is 0. The molecule has 1 aliphatic rings. The van der Waals surface area contributed by atoms with Gasteiger partial charge in [-0.05, 0) is 36.6 Å². The molecule has 2 aromatic heterocycles. The van der Waals surface area contributed by atoms with Crippen LogP contribution in [-0.2, 0) is 0 Å². The van der Waals surface area contributed by atoms with E-state index in [4.69, 9.17) is 0 Å². The first-order valence-corrected chi connectivity index (χ1v) is 10.8. The van der Waals surface area contributed by atoms with Crippen molar-refractivity contribution in [2.45, 2.75) is 70.4 Å². The van der Waals surface area contributed by atoms with Gasteiger partial charge in [0.05, 0.1) is 23.9 Å². The molecule has 0 saturated heterocycles. The van der Waals surface area contributed by atoms with Crippen LogP contribution < -0.4 is 5.32 Å². The Kier molecular flexibility index (Phi) is 6.99. The van der Waals surface area contributed by atoms with Crippen LogP contribution >= 0.6 is 11.3 Å². The fourth-order valence-electron chi connectivity index (χ4n) is 3.76. The summed E-state index contributed by atoms with van der Waals surface area (Å²) < 4.78 is 1.66. The van der Waals surface area contributed by atoms with Crippen molar-refractivity contribution in [3.8, 4) is 6.07 Å². The molecule has 7 heteroatoms. The first-order chi connectivity index (χ1) is 13.2. The van der Waals surface area contributed by atoms with Gasteiger partial charge in [-0.15, -0.1) is 5.10 Å². The lowest BCUT2D eigenvalue weighted by Crippen LogP contribution is -2.34. The molecular formula is C20H27N5OS. The number of carbonyl (C=O) groups excluding carboxylic acids is 1. The third-order valence-corrected chi connectivity index (χ3v) is 6.02. The van der Waals surface area contributed by atoms with Crippen LogP contribution in [0.3, 0.4) is 0 Å². The zero-order valence-corrected chi connectivity index (χ0v) is 16.6. The summed E-state index contributed by atoms with van der Waals surface area (Å²) >= 11 is 1.52. The summed E-state index contributed by atoms with van der Waals surface area (Å²) in [5, 5.41) is 25.0. The van der Waals surface area contributed by atoms with Crippen LogP contribution in [0.2, 0.25) is 0 Å². The van der Waals surface area contributed by atoms with E-state index in [1.54, 1.807) is 4.68 Å². The molecule has 2 atom stereocenters. The summed E-state index contributed by atoms with van der Waals surface area (Å²) in [4.78, 5) is 12.7. The van der Waals surface area contributed by atoms with E-state index >= 15 is 0 Å². The van der Waals surface area contributed by atoms with Crippen molar-refractivity contribution < 1.29 is 4.79 Å². The highest BCUT2D eigenvalue weighted by atomic mass is 32.1. The molecule has 1 fully saturated rings. The van der Waals surface area contributed by atoms with Gasteiger partial charge in [-0.1, -0.05) is 44.2 Å². The second kappa shape index (κ2) is 9.65. The number of aromatic nitrogens is 3. The van der Waals surface area contributed by atoms with Crippen molar-refractivity contribution in [2.24, 2.45) is 5.92 Å². The van der Waals surface area contributed by atoms with Crippen molar-refractivity contribution in [3.05, 3.63) is 34.3 Å². The summed E-state index contributed by atoms with van der Waals surface area (Å²) in [6.45, 7) is 2.11. The highest BCUT2D eigenvalue weighted by Gasteiger charge is 2.29. The zero-order chi connectivity index (χ0) is 19.1. The molecule has 2 aromatic rings. The summed E-state index contributed by atoms with van der Waals surface area (Å²) in [6.07, 6.45) is 10.4. The Bertz CT molecular complexity index is 758. The van der Waals surface area contributed by atoms with Crippen LogP contribution in [0.5, 0.6) is 0 Å². The standard InChI is InChI=1S/C20H27N5OS/c1-2-3-9-17(12-21)25-13-18(23-24-25)19(15-7-5-4-6-8-15)22-20(26)16-10-11-27-14-16/h10-11,13-15,17,19H,2-9H2,1H3,(H,22,26)/t17-,19-/m0/s1. The topological polar surface area (TPSA) is 83.6 Å². The smallest absolute Gasteiger partial charge is 0.252 e. The molecule has 0 aliphatic heterocycles. The van der Waals surface area contributed by atoms with E-state index in [0.717, 1.165) is 37.8 Å². The predicted octanol–water partition coefficient (Wildman–Crippen LogP) is 4.65. The molecule has 1 N–H and O–H groups in total. The minimum atomic E-state index is -0.300. The van der Waals surface area contributed by atoms with Crippen LogP contribution in [0.1, 0.15) is 86.4 Å². The molecule has 1 amide bonds. The molecule has 1 aliphatic carbocycles. The van der Waals surface area contributed by atoms with Gasteiger partial charge in [-0.2, -0.15) is 16.6 Å². The molecular weight excluding hydrogens is 358 g/mol. The van der Waals surface area contributed by atoms with Crippen molar-refractivity contribution in [1.82, 2.24) is 20.3 Å². The highest BCUT2D eigenvalue weighted by molar-refractivity contribution is 7.08. The summed E-state index contributed by atoms with van der Waals surface area (Å²) in [5.74, 6) is 0.298. The Labute approximate surface area is 164 Å². The van der Waals surface area contributed by atoms with Gasteiger partial charge in [-0.25, -0.2) is 4.68 Å². The largest absolute Gasteiger partial charge is 0.343 e. The molecule has 144 valence electrons. The Morgan fingerprint density at radius 2 is 2.26 bits per heavy atom. The Morgan fingerprint density at radius 1 is 1.44 bits per heavy atom. The SMILES string of the molecule is CCCC[C@@H](C#N)n1cc([C@@H](NC(=O)c2ccsc2)C2CCCCC2)nn1.